The van der Waals surface area contributed by atoms with Crippen LogP contribution < -0.4 is 5.32 Å². The van der Waals surface area contributed by atoms with Gasteiger partial charge in [-0.2, -0.15) is 0 Å². The van der Waals surface area contributed by atoms with Crippen LogP contribution in [0.4, 0.5) is 0 Å². The summed E-state index contributed by atoms with van der Waals surface area (Å²) in [7, 11) is 2.02. The van der Waals surface area contributed by atoms with Crippen molar-refractivity contribution in [3.63, 3.8) is 0 Å². The number of benzene rings is 1. The van der Waals surface area contributed by atoms with Crippen molar-refractivity contribution in [1.82, 2.24) is 5.32 Å². The average molecular weight is 247 g/mol. The van der Waals surface area contributed by atoms with Crippen molar-refractivity contribution in [2.24, 2.45) is 0 Å². The van der Waals surface area contributed by atoms with Gasteiger partial charge in [-0.05, 0) is 55.8 Å². The van der Waals surface area contributed by atoms with Gasteiger partial charge in [-0.1, -0.05) is 51.5 Å². The minimum atomic E-state index is 0.311. The minimum absolute atomic E-state index is 0.311. The molecule has 0 radical (unpaired) electrons. The van der Waals surface area contributed by atoms with E-state index in [-0.39, 0.29) is 0 Å². The maximum Gasteiger partial charge on any atom is -0.00519 e. The monoisotopic (exact) mass is 247 g/mol. The maximum atomic E-state index is 3.20. The van der Waals surface area contributed by atoms with Crippen LogP contribution in [0.25, 0.3) is 0 Å². The highest BCUT2D eigenvalue weighted by molar-refractivity contribution is 5.28. The lowest BCUT2D eigenvalue weighted by atomic mass is 9.82. The van der Waals surface area contributed by atoms with Gasteiger partial charge in [0, 0.05) is 0 Å². The highest BCUT2D eigenvalue weighted by Crippen LogP contribution is 2.26. The first-order valence-corrected chi connectivity index (χ1v) is 7.34. The minimum Gasteiger partial charge on any atom is -0.320 e. The van der Waals surface area contributed by atoms with Crippen molar-refractivity contribution in [3.05, 3.63) is 35.4 Å². The highest BCUT2D eigenvalue weighted by Gasteiger charge is 2.17. The normalized spacial score (nSPS) is 11.8. The van der Waals surface area contributed by atoms with Crippen LogP contribution in [0.15, 0.2) is 24.3 Å². The quantitative estimate of drug-likeness (QED) is 0.675. The molecule has 0 saturated heterocycles. The highest BCUT2D eigenvalue weighted by atomic mass is 14.8. The van der Waals surface area contributed by atoms with Gasteiger partial charge in [0.05, 0.1) is 0 Å². The van der Waals surface area contributed by atoms with Gasteiger partial charge >= 0.3 is 0 Å². The van der Waals surface area contributed by atoms with Gasteiger partial charge < -0.3 is 5.32 Å². The fourth-order valence-corrected chi connectivity index (χ4v) is 2.13. The Morgan fingerprint density at radius 2 is 1.67 bits per heavy atom. The van der Waals surface area contributed by atoms with Gasteiger partial charge in [0.15, 0.2) is 0 Å². The molecule has 0 amide bonds. The molecule has 0 spiro atoms. The third kappa shape index (κ3) is 4.81. The number of nitrogens with one attached hydrogen (secondary N) is 1. The molecule has 0 atom stereocenters. The number of unbranched alkanes of at least 4 members (excludes halogenated alkanes) is 2. The van der Waals surface area contributed by atoms with E-state index < -0.39 is 0 Å². The number of aryl methyl sites for hydroxylation is 1. The molecule has 0 saturated carbocycles. The molecule has 0 aliphatic heterocycles. The van der Waals surface area contributed by atoms with Gasteiger partial charge in [0.2, 0.25) is 0 Å². The molecule has 102 valence electrons. The van der Waals surface area contributed by atoms with E-state index >= 15 is 0 Å². The summed E-state index contributed by atoms with van der Waals surface area (Å²) in [4.78, 5) is 0. The van der Waals surface area contributed by atoms with Crippen LogP contribution in [0.5, 0.6) is 0 Å². The summed E-state index contributed by atoms with van der Waals surface area (Å²) < 4.78 is 0. The number of rotatable bonds is 8. The maximum absolute atomic E-state index is 3.20. The number of hydrogen-bond donors (Lipinski definition) is 1. The molecular weight excluding hydrogens is 218 g/mol. The van der Waals surface area contributed by atoms with Crippen LogP contribution in [-0.4, -0.2) is 13.6 Å². The first-order valence-electron chi connectivity index (χ1n) is 7.34. The second-order valence-electron chi connectivity index (χ2n) is 5.85. The zero-order valence-electron chi connectivity index (χ0n) is 12.6. The first-order chi connectivity index (χ1) is 8.60. The Morgan fingerprint density at radius 3 is 2.22 bits per heavy atom. The summed E-state index contributed by atoms with van der Waals surface area (Å²) in [5, 5.41) is 3.20. The predicted molar refractivity (Wildman–Crippen MR) is 81.2 cm³/mol. The molecule has 0 bridgehead atoms. The summed E-state index contributed by atoms with van der Waals surface area (Å²) in [5.41, 5.74) is 3.25. The predicted octanol–water partition coefficient (Wildman–Crippen LogP) is 4.31. The Balaban J connectivity index is 2.41. The van der Waals surface area contributed by atoms with Crippen molar-refractivity contribution in [2.45, 2.75) is 58.3 Å². The fourth-order valence-electron chi connectivity index (χ4n) is 2.13. The molecule has 0 unspecified atom stereocenters. The van der Waals surface area contributed by atoms with Crippen LogP contribution in [0.3, 0.4) is 0 Å². The van der Waals surface area contributed by atoms with E-state index in [2.05, 4.69) is 50.4 Å². The molecule has 0 aliphatic rings. The standard InChI is InChI=1S/C17H29N/c1-5-17(2,3)16-12-10-15(11-13-16)9-7-6-8-14-18-4/h10-13,18H,5-9,14H2,1-4H3. The van der Waals surface area contributed by atoms with E-state index in [0.717, 1.165) is 6.54 Å². The molecule has 0 heterocycles. The van der Waals surface area contributed by atoms with E-state index in [1.54, 1.807) is 0 Å². The Bertz CT molecular complexity index is 324. The van der Waals surface area contributed by atoms with E-state index in [1.807, 2.05) is 7.05 Å². The van der Waals surface area contributed by atoms with Crippen molar-refractivity contribution >= 4 is 0 Å². The van der Waals surface area contributed by atoms with E-state index in [0.29, 0.717) is 5.41 Å². The molecule has 0 fully saturated rings. The van der Waals surface area contributed by atoms with Crippen molar-refractivity contribution in [1.29, 1.82) is 0 Å². The zero-order valence-corrected chi connectivity index (χ0v) is 12.6. The lowest BCUT2D eigenvalue weighted by Crippen LogP contribution is -2.15. The lowest BCUT2D eigenvalue weighted by Gasteiger charge is -2.23. The molecule has 1 aromatic rings. The molecule has 1 rings (SSSR count). The smallest absolute Gasteiger partial charge is 0.00519 e. The molecule has 18 heavy (non-hydrogen) atoms. The van der Waals surface area contributed by atoms with Crippen LogP contribution in [0, 0.1) is 0 Å². The Hall–Kier alpha value is -0.820. The van der Waals surface area contributed by atoms with Crippen molar-refractivity contribution < 1.29 is 0 Å². The van der Waals surface area contributed by atoms with Crippen LogP contribution >= 0.6 is 0 Å². The summed E-state index contributed by atoms with van der Waals surface area (Å²) in [6.07, 6.45) is 6.33. The second-order valence-corrected chi connectivity index (χ2v) is 5.85. The van der Waals surface area contributed by atoms with Gasteiger partial charge in [0.25, 0.3) is 0 Å². The third-order valence-electron chi connectivity index (χ3n) is 4.01. The molecule has 1 heteroatoms. The molecule has 0 aromatic heterocycles. The largest absolute Gasteiger partial charge is 0.320 e. The average Bonchev–Trinajstić information content (AvgIpc) is 2.39. The van der Waals surface area contributed by atoms with Crippen molar-refractivity contribution in [2.75, 3.05) is 13.6 Å². The van der Waals surface area contributed by atoms with E-state index in [1.165, 1.54) is 43.2 Å². The molecular formula is C17H29N. The summed E-state index contributed by atoms with van der Waals surface area (Å²) in [5.74, 6) is 0. The fraction of sp³-hybridized carbons (Fsp3) is 0.647. The Kier molecular flexibility index (Phi) is 6.42. The van der Waals surface area contributed by atoms with Crippen LogP contribution in [0.1, 0.15) is 57.6 Å². The number of hydrogen-bond acceptors (Lipinski definition) is 1. The zero-order chi connectivity index (χ0) is 13.4. The molecule has 1 aromatic carbocycles. The third-order valence-corrected chi connectivity index (χ3v) is 4.01. The van der Waals surface area contributed by atoms with Gasteiger partial charge in [-0.15, -0.1) is 0 Å². The lowest BCUT2D eigenvalue weighted by molar-refractivity contribution is 0.506. The Labute approximate surface area is 113 Å². The molecule has 0 aliphatic carbocycles. The first kappa shape index (κ1) is 15.2. The van der Waals surface area contributed by atoms with Gasteiger partial charge in [-0.25, -0.2) is 0 Å². The SMILES string of the molecule is CCC(C)(C)c1ccc(CCCCCNC)cc1. The van der Waals surface area contributed by atoms with Crippen LogP contribution in [-0.2, 0) is 11.8 Å². The summed E-state index contributed by atoms with van der Waals surface area (Å²) in [6.45, 7) is 8.04. The molecule has 1 N–H and O–H groups in total. The summed E-state index contributed by atoms with van der Waals surface area (Å²) >= 11 is 0. The van der Waals surface area contributed by atoms with Gasteiger partial charge in [-0.3, -0.25) is 0 Å². The van der Waals surface area contributed by atoms with Gasteiger partial charge in [0.1, 0.15) is 0 Å². The van der Waals surface area contributed by atoms with Crippen LogP contribution in [0.2, 0.25) is 0 Å². The van der Waals surface area contributed by atoms with Crippen molar-refractivity contribution in [3.8, 4) is 0 Å². The van der Waals surface area contributed by atoms with E-state index in [9.17, 15) is 0 Å². The topological polar surface area (TPSA) is 12.0 Å². The Morgan fingerprint density at radius 1 is 1.00 bits per heavy atom. The molecule has 1 nitrogen and oxygen atoms in total. The summed E-state index contributed by atoms with van der Waals surface area (Å²) in [6, 6.07) is 9.24. The second kappa shape index (κ2) is 7.58. The van der Waals surface area contributed by atoms with E-state index in [4.69, 9.17) is 0 Å².